The van der Waals surface area contributed by atoms with Crippen LogP contribution in [-0.4, -0.2) is 28.8 Å². The van der Waals surface area contributed by atoms with E-state index in [1.165, 1.54) is 16.7 Å². The van der Waals surface area contributed by atoms with Gasteiger partial charge in [0, 0.05) is 12.3 Å². The zero-order valence-corrected chi connectivity index (χ0v) is 19.3. The summed E-state index contributed by atoms with van der Waals surface area (Å²) in [5.74, 6) is -0.871. The molecule has 2 N–H and O–H groups in total. The van der Waals surface area contributed by atoms with Crippen LogP contribution in [-0.2, 0) is 16.0 Å². The molecule has 0 heterocycles. The first-order valence-corrected chi connectivity index (χ1v) is 10.8. The van der Waals surface area contributed by atoms with E-state index in [4.69, 9.17) is 4.74 Å². The number of amides is 1. The minimum absolute atomic E-state index is 0.169. The van der Waals surface area contributed by atoms with E-state index in [1.807, 2.05) is 36.4 Å². The second-order valence-electron chi connectivity index (χ2n) is 9.22. The molecule has 3 rings (SSSR count). The number of alkyl carbamates (subject to hydrolysis) is 1. The number of fused-ring (bicyclic) bond motifs is 1. The van der Waals surface area contributed by atoms with Crippen molar-refractivity contribution < 1.29 is 19.4 Å². The number of benzene rings is 3. The van der Waals surface area contributed by atoms with Gasteiger partial charge in [0.1, 0.15) is 11.6 Å². The molecule has 0 aliphatic carbocycles. The van der Waals surface area contributed by atoms with Crippen LogP contribution in [0.5, 0.6) is 0 Å². The summed E-state index contributed by atoms with van der Waals surface area (Å²) in [6, 6.07) is 19.5. The molecule has 1 unspecified atom stereocenters. The highest BCUT2D eigenvalue weighted by atomic mass is 16.6. The van der Waals surface area contributed by atoms with E-state index in [0.717, 1.165) is 16.3 Å². The zero-order chi connectivity index (χ0) is 23.5. The number of aryl methyl sites for hydroxylation is 1. The van der Waals surface area contributed by atoms with Crippen molar-refractivity contribution >= 4 is 22.8 Å². The molecule has 0 aliphatic rings. The molecule has 2 atom stereocenters. The summed E-state index contributed by atoms with van der Waals surface area (Å²) < 4.78 is 5.21. The minimum atomic E-state index is -1.10. The zero-order valence-electron chi connectivity index (χ0n) is 19.3. The van der Waals surface area contributed by atoms with Crippen molar-refractivity contribution in [1.82, 2.24) is 5.32 Å². The fourth-order valence-electron chi connectivity index (χ4n) is 3.99. The molecule has 5 heteroatoms. The van der Waals surface area contributed by atoms with E-state index in [-0.39, 0.29) is 12.3 Å². The number of carbonyl (C=O) groups excluding carboxylic acids is 1. The molecule has 0 saturated carbocycles. The molecule has 0 bridgehead atoms. The van der Waals surface area contributed by atoms with Gasteiger partial charge in [-0.25, -0.2) is 9.59 Å². The SMILES string of the molecule is Cc1ccccc1C(C)c1cccc2cc(C[C@H](NC(=O)OC(C)(C)C)C(=O)O)ccc12. The number of rotatable bonds is 6. The topological polar surface area (TPSA) is 75.6 Å². The predicted octanol–water partition coefficient (Wildman–Crippen LogP) is 5.82. The lowest BCUT2D eigenvalue weighted by Crippen LogP contribution is -2.44. The van der Waals surface area contributed by atoms with Crippen molar-refractivity contribution in [1.29, 1.82) is 0 Å². The summed E-state index contributed by atoms with van der Waals surface area (Å²) in [4.78, 5) is 23.8. The van der Waals surface area contributed by atoms with Gasteiger partial charge in [0.15, 0.2) is 0 Å². The predicted molar refractivity (Wildman–Crippen MR) is 127 cm³/mol. The summed E-state index contributed by atoms with van der Waals surface area (Å²) in [5.41, 5.74) is 3.91. The normalized spacial score (nSPS) is 13.4. The second kappa shape index (κ2) is 9.43. The Hall–Kier alpha value is -3.34. The molecule has 0 aromatic heterocycles. The van der Waals surface area contributed by atoms with Crippen molar-refractivity contribution in [2.75, 3.05) is 0 Å². The van der Waals surface area contributed by atoms with Crippen molar-refractivity contribution in [3.05, 3.63) is 82.9 Å². The van der Waals surface area contributed by atoms with E-state index < -0.39 is 23.7 Å². The van der Waals surface area contributed by atoms with Gasteiger partial charge in [-0.3, -0.25) is 0 Å². The first-order valence-electron chi connectivity index (χ1n) is 10.8. The number of hydrogen-bond acceptors (Lipinski definition) is 3. The largest absolute Gasteiger partial charge is 0.480 e. The van der Waals surface area contributed by atoms with Crippen LogP contribution in [0.15, 0.2) is 60.7 Å². The highest BCUT2D eigenvalue weighted by Gasteiger charge is 2.24. The van der Waals surface area contributed by atoms with Crippen LogP contribution < -0.4 is 5.32 Å². The number of nitrogens with one attached hydrogen (secondary N) is 1. The average molecular weight is 434 g/mol. The number of hydrogen-bond donors (Lipinski definition) is 2. The number of carbonyl (C=O) groups is 2. The van der Waals surface area contributed by atoms with Crippen LogP contribution in [0.1, 0.15) is 55.9 Å². The lowest BCUT2D eigenvalue weighted by atomic mass is 9.86. The van der Waals surface area contributed by atoms with Crippen LogP contribution in [0.3, 0.4) is 0 Å². The monoisotopic (exact) mass is 433 g/mol. The third-order valence-electron chi connectivity index (χ3n) is 5.53. The molecule has 0 saturated heterocycles. The second-order valence-corrected chi connectivity index (χ2v) is 9.22. The average Bonchev–Trinajstić information content (AvgIpc) is 2.71. The lowest BCUT2D eigenvalue weighted by molar-refractivity contribution is -0.139. The lowest BCUT2D eigenvalue weighted by Gasteiger charge is -2.22. The van der Waals surface area contributed by atoms with Gasteiger partial charge >= 0.3 is 12.1 Å². The highest BCUT2D eigenvalue weighted by molar-refractivity contribution is 5.87. The quantitative estimate of drug-likeness (QED) is 0.514. The molecule has 0 fully saturated rings. The third kappa shape index (κ3) is 5.67. The van der Waals surface area contributed by atoms with Crippen LogP contribution in [0.4, 0.5) is 4.79 Å². The molecule has 1 amide bonds. The number of ether oxygens (including phenoxy) is 1. The standard InChI is InChI=1S/C27H31NO4/c1-17-9-6-7-11-21(17)18(2)22-12-8-10-20-15-19(13-14-23(20)22)16-24(25(29)30)28-26(31)32-27(3,4)5/h6-15,18,24H,16H2,1-5H3,(H,28,31)(H,29,30)/t18?,24-/m0/s1. The molecule has 32 heavy (non-hydrogen) atoms. The minimum Gasteiger partial charge on any atom is -0.480 e. The highest BCUT2D eigenvalue weighted by Crippen LogP contribution is 2.32. The summed E-state index contributed by atoms with van der Waals surface area (Å²) in [6.07, 6.45) is -0.567. The first-order chi connectivity index (χ1) is 15.0. The van der Waals surface area contributed by atoms with Gasteiger partial charge in [-0.15, -0.1) is 0 Å². The molecule has 168 valence electrons. The molecule has 0 spiro atoms. The maximum absolute atomic E-state index is 12.1. The Morgan fingerprint density at radius 3 is 2.34 bits per heavy atom. The Morgan fingerprint density at radius 2 is 1.69 bits per heavy atom. The first kappa shape index (κ1) is 23.3. The van der Waals surface area contributed by atoms with Crippen molar-refractivity contribution in [3.63, 3.8) is 0 Å². The van der Waals surface area contributed by atoms with Crippen LogP contribution in [0.2, 0.25) is 0 Å². The molecular weight excluding hydrogens is 402 g/mol. The van der Waals surface area contributed by atoms with Gasteiger partial charge in [0.2, 0.25) is 0 Å². The van der Waals surface area contributed by atoms with Crippen LogP contribution in [0, 0.1) is 6.92 Å². The Bertz CT molecular complexity index is 1130. The van der Waals surface area contributed by atoms with E-state index >= 15 is 0 Å². The Morgan fingerprint density at radius 1 is 1.00 bits per heavy atom. The van der Waals surface area contributed by atoms with E-state index in [9.17, 15) is 14.7 Å². The maximum atomic E-state index is 12.1. The van der Waals surface area contributed by atoms with E-state index in [1.54, 1.807) is 20.8 Å². The van der Waals surface area contributed by atoms with Gasteiger partial charge in [-0.2, -0.15) is 0 Å². The van der Waals surface area contributed by atoms with Gasteiger partial charge in [0.05, 0.1) is 0 Å². The Balaban J connectivity index is 1.86. The smallest absolute Gasteiger partial charge is 0.408 e. The van der Waals surface area contributed by atoms with Crippen molar-refractivity contribution in [2.24, 2.45) is 0 Å². The molecule has 0 aliphatic heterocycles. The molecule has 3 aromatic rings. The van der Waals surface area contributed by atoms with Crippen LogP contribution in [0.25, 0.3) is 10.8 Å². The fraction of sp³-hybridized carbons (Fsp3) is 0.333. The number of carboxylic acids is 1. The summed E-state index contributed by atoms with van der Waals surface area (Å²) in [5, 5.41) is 14.2. The van der Waals surface area contributed by atoms with Gasteiger partial charge in [0.25, 0.3) is 0 Å². The summed E-state index contributed by atoms with van der Waals surface area (Å²) in [7, 11) is 0. The van der Waals surface area contributed by atoms with Gasteiger partial charge in [-0.05, 0) is 60.7 Å². The van der Waals surface area contributed by atoms with Crippen molar-refractivity contribution in [2.45, 2.75) is 58.6 Å². The maximum Gasteiger partial charge on any atom is 0.408 e. The Kier molecular flexibility index (Phi) is 6.87. The summed E-state index contributed by atoms with van der Waals surface area (Å²) >= 11 is 0. The van der Waals surface area contributed by atoms with Crippen LogP contribution >= 0.6 is 0 Å². The van der Waals surface area contributed by atoms with Gasteiger partial charge < -0.3 is 15.2 Å². The van der Waals surface area contributed by atoms with Gasteiger partial charge in [-0.1, -0.05) is 67.6 Å². The van der Waals surface area contributed by atoms with E-state index in [0.29, 0.717) is 0 Å². The summed E-state index contributed by atoms with van der Waals surface area (Å²) in [6.45, 7) is 9.54. The molecule has 0 radical (unpaired) electrons. The number of aliphatic carboxylic acids is 1. The van der Waals surface area contributed by atoms with E-state index in [2.05, 4.69) is 43.4 Å². The van der Waals surface area contributed by atoms with Crippen molar-refractivity contribution in [3.8, 4) is 0 Å². The molecule has 5 nitrogen and oxygen atoms in total. The number of carboxylic acid groups (broad SMARTS) is 1. The fourth-order valence-corrected chi connectivity index (χ4v) is 3.99. The molecule has 3 aromatic carbocycles. The molecular formula is C27H31NO4. The third-order valence-corrected chi connectivity index (χ3v) is 5.53. The Labute approximate surface area is 189 Å².